The summed E-state index contributed by atoms with van der Waals surface area (Å²) in [7, 11) is 0. The van der Waals surface area contributed by atoms with Crippen LogP contribution in [0.1, 0.15) is 33.2 Å². The number of hydrogen-bond acceptors (Lipinski definition) is 4. The monoisotopic (exact) mass is 328 g/mol. The van der Waals surface area contributed by atoms with Crippen LogP contribution in [0.25, 0.3) is 0 Å². The highest BCUT2D eigenvalue weighted by Gasteiger charge is 2.16. The molecule has 0 saturated carbocycles. The van der Waals surface area contributed by atoms with Gasteiger partial charge in [-0.1, -0.05) is 22.0 Å². The summed E-state index contributed by atoms with van der Waals surface area (Å²) in [4.78, 5) is 34.0. The van der Waals surface area contributed by atoms with Crippen molar-refractivity contribution in [2.45, 2.75) is 13.3 Å². The van der Waals surface area contributed by atoms with E-state index < -0.39 is 11.9 Å². The van der Waals surface area contributed by atoms with Gasteiger partial charge in [-0.05, 0) is 24.6 Å². The Labute approximate surface area is 118 Å². The molecule has 0 aliphatic heterocycles. The van der Waals surface area contributed by atoms with Gasteiger partial charge in [0.2, 0.25) is 0 Å². The molecule has 0 bridgehead atoms. The summed E-state index contributed by atoms with van der Waals surface area (Å²) in [6.45, 7) is 1.88. The average molecular weight is 329 g/mol. The number of esters is 1. The fourth-order valence-corrected chi connectivity index (χ4v) is 1.73. The van der Waals surface area contributed by atoms with Gasteiger partial charge in [0.1, 0.15) is 5.78 Å². The minimum absolute atomic E-state index is 0.00991. The maximum absolute atomic E-state index is 11.5. The lowest BCUT2D eigenvalue weighted by molar-refractivity contribution is -0.115. The van der Waals surface area contributed by atoms with Crippen LogP contribution in [0, 0.1) is 0 Å². The van der Waals surface area contributed by atoms with E-state index >= 15 is 0 Å². The van der Waals surface area contributed by atoms with Crippen LogP contribution in [0.2, 0.25) is 0 Å². The Balaban J connectivity index is 3.11. The van der Waals surface area contributed by atoms with Crippen LogP contribution in [0.3, 0.4) is 0 Å². The summed E-state index contributed by atoms with van der Waals surface area (Å²) in [5, 5.41) is 9.27. The van der Waals surface area contributed by atoms with Gasteiger partial charge in [0.15, 0.2) is 0 Å². The van der Waals surface area contributed by atoms with E-state index in [1.165, 1.54) is 18.2 Å². The van der Waals surface area contributed by atoms with Crippen LogP contribution in [-0.4, -0.2) is 34.8 Å². The zero-order valence-electron chi connectivity index (χ0n) is 10.3. The van der Waals surface area contributed by atoms with Crippen molar-refractivity contribution in [3.8, 4) is 0 Å². The molecule has 1 aromatic rings. The number of ether oxygens (including phenoxy) is 1. The molecule has 0 amide bonds. The van der Waals surface area contributed by atoms with E-state index in [-0.39, 0.29) is 35.3 Å². The Kier molecular flexibility index (Phi) is 5.69. The van der Waals surface area contributed by atoms with E-state index in [0.717, 1.165) is 0 Å². The Bertz CT molecular complexity index is 510. The summed E-state index contributed by atoms with van der Waals surface area (Å²) >= 11 is 3.02. The summed E-state index contributed by atoms with van der Waals surface area (Å²) < 4.78 is 4.80. The maximum atomic E-state index is 11.5. The molecule has 102 valence electrons. The van der Waals surface area contributed by atoms with Crippen molar-refractivity contribution in [2.75, 3.05) is 11.9 Å². The number of carboxylic acid groups (broad SMARTS) is 1. The lowest BCUT2D eigenvalue weighted by Crippen LogP contribution is -2.12. The van der Waals surface area contributed by atoms with Crippen molar-refractivity contribution in [2.24, 2.45) is 0 Å². The Morgan fingerprint density at radius 2 is 2.00 bits per heavy atom. The first-order valence-electron chi connectivity index (χ1n) is 5.60. The number of halogens is 1. The van der Waals surface area contributed by atoms with Crippen molar-refractivity contribution >= 4 is 33.7 Å². The first kappa shape index (κ1) is 15.4. The number of carbonyl (C=O) groups is 3. The van der Waals surface area contributed by atoms with E-state index in [2.05, 4.69) is 15.9 Å². The van der Waals surface area contributed by atoms with Crippen LogP contribution in [0.4, 0.5) is 0 Å². The molecule has 0 saturated heterocycles. The van der Waals surface area contributed by atoms with Gasteiger partial charge in [-0.15, -0.1) is 0 Å². The second-order valence-corrected chi connectivity index (χ2v) is 4.31. The molecular formula is C13H13BrO5. The molecule has 0 aliphatic carbocycles. The zero-order chi connectivity index (χ0) is 14.4. The Morgan fingerprint density at radius 1 is 1.32 bits per heavy atom. The van der Waals surface area contributed by atoms with Gasteiger partial charge in [0.05, 0.1) is 23.1 Å². The average Bonchev–Trinajstić information content (AvgIpc) is 2.38. The second-order valence-electron chi connectivity index (χ2n) is 3.75. The van der Waals surface area contributed by atoms with E-state index in [1.54, 1.807) is 6.92 Å². The van der Waals surface area contributed by atoms with Gasteiger partial charge in [0, 0.05) is 6.42 Å². The van der Waals surface area contributed by atoms with Crippen LogP contribution >= 0.6 is 15.9 Å². The topological polar surface area (TPSA) is 80.7 Å². The van der Waals surface area contributed by atoms with E-state index in [9.17, 15) is 14.4 Å². The van der Waals surface area contributed by atoms with Crippen molar-refractivity contribution < 1.29 is 24.2 Å². The van der Waals surface area contributed by atoms with Crippen LogP contribution in [0.15, 0.2) is 18.2 Å². The number of alkyl halides is 1. The number of benzene rings is 1. The molecule has 0 atom stereocenters. The van der Waals surface area contributed by atoms with Gasteiger partial charge >= 0.3 is 11.9 Å². The molecule has 1 aromatic carbocycles. The third kappa shape index (κ3) is 4.17. The van der Waals surface area contributed by atoms with Crippen LogP contribution < -0.4 is 0 Å². The molecule has 0 aliphatic rings. The molecule has 1 N–H and O–H groups in total. The highest BCUT2D eigenvalue weighted by atomic mass is 79.9. The SMILES string of the molecule is CCOC(=O)c1ccc(CC(=O)CBr)c(C(=O)O)c1. The van der Waals surface area contributed by atoms with Crippen LogP contribution in [0.5, 0.6) is 0 Å². The molecule has 0 aromatic heterocycles. The first-order valence-corrected chi connectivity index (χ1v) is 6.72. The van der Waals surface area contributed by atoms with Gasteiger partial charge < -0.3 is 9.84 Å². The van der Waals surface area contributed by atoms with Gasteiger partial charge in [-0.25, -0.2) is 9.59 Å². The molecular weight excluding hydrogens is 316 g/mol. The van der Waals surface area contributed by atoms with E-state index in [0.29, 0.717) is 5.56 Å². The lowest BCUT2D eigenvalue weighted by Gasteiger charge is -2.07. The zero-order valence-corrected chi connectivity index (χ0v) is 11.9. The van der Waals surface area contributed by atoms with Crippen molar-refractivity contribution in [1.82, 2.24) is 0 Å². The number of Topliss-reactive ketones (excluding diaryl/α,β-unsaturated/α-hetero) is 1. The molecule has 0 heterocycles. The molecule has 1 rings (SSSR count). The Morgan fingerprint density at radius 3 is 2.53 bits per heavy atom. The first-order chi connectivity index (χ1) is 8.99. The number of rotatable bonds is 6. The Hall–Kier alpha value is -1.69. The van der Waals surface area contributed by atoms with Crippen molar-refractivity contribution in [1.29, 1.82) is 0 Å². The third-order valence-corrected chi connectivity index (χ3v) is 3.01. The maximum Gasteiger partial charge on any atom is 0.338 e. The largest absolute Gasteiger partial charge is 0.478 e. The smallest absolute Gasteiger partial charge is 0.338 e. The predicted octanol–water partition coefficient (Wildman–Crippen LogP) is 2.07. The highest BCUT2D eigenvalue weighted by molar-refractivity contribution is 9.09. The summed E-state index contributed by atoms with van der Waals surface area (Å²) in [6, 6.07) is 4.16. The van der Waals surface area contributed by atoms with Gasteiger partial charge in [-0.2, -0.15) is 0 Å². The molecule has 5 nitrogen and oxygen atoms in total. The predicted molar refractivity (Wildman–Crippen MR) is 71.9 cm³/mol. The number of carboxylic acids is 1. The molecule has 0 spiro atoms. The number of carbonyl (C=O) groups excluding carboxylic acids is 2. The number of aromatic carboxylic acids is 1. The quantitative estimate of drug-likeness (QED) is 0.638. The normalized spacial score (nSPS) is 10.0. The van der Waals surface area contributed by atoms with Gasteiger partial charge in [0.25, 0.3) is 0 Å². The van der Waals surface area contributed by atoms with Crippen molar-refractivity contribution in [3.63, 3.8) is 0 Å². The minimum Gasteiger partial charge on any atom is -0.478 e. The molecule has 6 heteroatoms. The molecule has 0 unspecified atom stereocenters. The second kappa shape index (κ2) is 7.04. The van der Waals surface area contributed by atoms with Gasteiger partial charge in [-0.3, -0.25) is 4.79 Å². The minimum atomic E-state index is -1.18. The van der Waals surface area contributed by atoms with E-state index in [4.69, 9.17) is 9.84 Å². The lowest BCUT2D eigenvalue weighted by atomic mass is 10.00. The summed E-state index contributed by atoms with van der Waals surface area (Å²) in [5.41, 5.74) is 0.485. The number of hydrogen-bond donors (Lipinski definition) is 1. The molecule has 0 fully saturated rings. The fraction of sp³-hybridized carbons (Fsp3) is 0.308. The fourth-order valence-electron chi connectivity index (χ4n) is 1.53. The number of ketones is 1. The standard InChI is InChI=1S/C13H13BrO5/c1-2-19-13(18)9-4-3-8(5-10(15)7-14)11(6-9)12(16)17/h3-4,6H,2,5,7H2,1H3,(H,16,17). The van der Waals surface area contributed by atoms with Crippen molar-refractivity contribution in [3.05, 3.63) is 34.9 Å². The third-order valence-electron chi connectivity index (χ3n) is 2.39. The summed E-state index contributed by atoms with van der Waals surface area (Å²) in [6.07, 6.45) is 0.00991. The highest BCUT2D eigenvalue weighted by Crippen LogP contribution is 2.15. The van der Waals surface area contributed by atoms with E-state index in [1.807, 2.05) is 0 Å². The van der Waals surface area contributed by atoms with Crippen LogP contribution in [-0.2, 0) is 16.0 Å². The molecule has 0 radical (unpaired) electrons. The molecule has 19 heavy (non-hydrogen) atoms. The summed E-state index contributed by atoms with van der Waals surface area (Å²) in [5.74, 6) is -1.89.